The number of hydrogen-bond donors (Lipinski definition) is 0. The number of rotatable bonds is 2. The summed E-state index contributed by atoms with van der Waals surface area (Å²) < 4.78 is 0. The molecule has 3 aliphatic rings. The van der Waals surface area contributed by atoms with E-state index in [1.165, 1.54) is 83.5 Å². The van der Waals surface area contributed by atoms with E-state index in [-0.39, 0.29) is 0 Å². The molecule has 3 saturated carbocycles. The van der Waals surface area contributed by atoms with Crippen LogP contribution >= 0.6 is 0 Å². The Balaban J connectivity index is 1.59. The summed E-state index contributed by atoms with van der Waals surface area (Å²) in [6.07, 6.45) is 27.7. The third kappa shape index (κ3) is 4.73. The lowest BCUT2D eigenvalue weighted by Gasteiger charge is -2.31. The Morgan fingerprint density at radius 2 is 1.33 bits per heavy atom. The van der Waals surface area contributed by atoms with Crippen molar-refractivity contribution in [1.82, 2.24) is 0 Å². The van der Waals surface area contributed by atoms with Gasteiger partial charge < -0.3 is 0 Å². The van der Waals surface area contributed by atoms with Gasteiger partial charge in [0.05, 0.1) is 0 Å². The van der Waals surface area contributed by atoms with Gasteiger partial charge in [-0.25, -0.2) is 0 Å². The number of hydrogen-bond acceptors (Lipinski definition) is 0. The molecular formula is C21H36. The van der Waals surface area contributed by atoms with Crippen LogP contribution in [-0.4, -0.2) is 0 Å². The lowest BCUT2D eigenvalue weighted by Crippen LogP contribution is -2.21. The van der Waals surface area contributed by atoms with Crippen LogP contribution in [0.15, 0.2) is 0 Å². The molecule has 4 atom stereocenters. The summed E-state index contributed by atoms with van der Waals surface area (Å²) >= 11 is 0. The van der Waals surface area contributed by atoms with Crippen molar-refractivity contribution in [2.75, 3.05) is 0 Å². The summed E-state index contributed by atoms with van der Waals surface area (Å²) in [7, 11) is 0. The average molecular weight is 289 g/mol. The molecule has 2 radical (unpaired) electrons. The van der Waals surface area contributed by atoms with Crippen LogP contribution in [0.3, 0.4) is 0 Å². The first-order chi connectivity index (χ1) is 10.4. The molecule has 0 heteroatoms. The molecule has 0 saturated heterocycles. The predicted molar refractivity (Wildman–Crippen MR) is 91.8 cm³/mol. The van der Waals surface area contributed by atoms with Crippen molar-refractivity contribution in [3.63, 3.8) is 0 Å². The highest BCUT2D eigenvalue weighted by Crippen LogP contribution is 2.43. The molecule has 0 aromatic carbocycles. The average Bonchev–Trinajstić information content (AvgIpc) is 3.01. The van der Waals surface area contributed by atoms with E-state index in [9.17, 15) is 0 Å². The summed E-state index contributed by atoms with van der Waals surface area (Å²) in [5.74, 6) is 4.16. The molecule has 0 heterocycles. The van der Waals surface area contributed by atoms with Gasteiger partial charge in [-0.3, -0.25) is 0 Å². The van der Waals surface area contributed by atoms with Gasteiger partial charge in [-0.05, 0) is 68.6 Å². The Labute approximate surface area is 133 Å². The topological polar surface area (TPSA) is 0 Å². The van der Waals surface area contributed by atoms with Crippen LogP contribution in [0.25, 0.3) is 0 Å². The van der Waals surface area contributed by atoms with Crippen LogP contribution in [-0.2, 0) is 0 Å². The van der Waals surface area contributed by atoms with Crippen LogP contribution < -0.4 is 0 Å². The van der Waals surface area contributed by atoms with Crippen LogP contribution in [0.2, 0.25) is 0 Å². The van der Waals surface area contributed by atoms with Gasteiger partial charge in [0.25, 0.3) is 0 Å². The zero-order chi connectivity index (χ0) is 14.3. The Hall–Kier alpha value is 0. The van der Waals surface area contributed by atoms with Gasteiger partial charge >= 0.3 is 0 Å². The van der Waals surface area contributed by atoms with Gasteiger partial charge in [-0.15, -0.1) is 0 Å². The molecule has 0 aliphatic heterocycles. The molecule has 0 bridgehead atoms. The second-order valence-electron chi connectivity index (χ2n) is 8.13. The van der Waals surface area contributed by atoms with Gasteiger partial charge in [0.2, 0.25) is 0 Å². The van der Waals surface area contributed by atoms with E-state index < -0.39 is 0 Å². The fourth-order valence-corrected chi connectivity index (χ4v) is 5.45. The maximum atomic E-state index is 2.74. The first kappa shape index (κ1) is 15.9. The molecular weight excluding hydrogens is 252 g/mol. The fraction of sp³-hybridized carbons (Fsp3) is 0.905. The van der Waals surface area contributed by atoms with Gasteiger partial charge in [0.15, 0.2) is 0 Å². The third-order valence-electron chi connectivity index (χ3n) is 6.71. The summed E-state index contributed by atoms with van der Waals surface area (Å²) in [4.78, 5) is 0. The molecule has 3 fully saturated rings. The highest BCUT2D eigenvalue weighted by molar-refractivity contribution is 4.89. The smallest absolute Gasteiger partial charge is 0.0352 e. The van der Waals surface area contributed by atoms with Crippen molar-refractivity contribution in [3.8, 4) is 0 Å². The van der Waals surface area contributed by atoms with Crippen molar-refractivity contribution in [1.29, 1.82) is 0 Å². The molecule has 0 aromatic rings. The van der Waals surface area contributed by atoms with E-state index in [1.807, 2.05) is 0 Å². The normalized spacial score (nSPS) is 34.9. The zero-order valence-corrected chi connectivity index (χ0v) is 14.1. The predicted octanol–water partition coefficient (Wildman–Crippen LogP) is 6.75. The maximum absolute atomic E-state index is 2.74. The lowest BCUT2D eigenvalue weighted by atomic mass is 9.74. The summed E-state index contributed by atoms with van der Waals surface area (Å²) in [6.45, 7) is 0. The van der Waals surface area contributed by atoms with Crippen molar-refractivity contribution in [2.24, 2.45) is 23.7 Å². The first-order valence-corrected chi connectivity index (χ1v) is 10.1. The quantitative estimate of drug-likeness (QED) is 0.493. The fourth-order valence-electron chi connectivity index (χ4n) is 5.45. The van der Waals surface area contributed by atoms with Gasteiger partial charge in [0.1, 0.15) is 0 Å². The van der Waals surface area contributed by atoms with Crippen molar-refractivity contribution in [3.05, 3.63) is 12.8 Å². The molecule has 0 aromatic heterocycles. The molecule has 0 N–H and O–H groups in total. The Bertz CT molecular complexity index is 238. The van der Waals surface area contributed by atoms with Crippen molar-refractivity contribution < 1.29 is 0 Å². The second-order valence-corrected chi connectivity index (χ2v) is 8.13. The minimum Gasteiger partial charge on any atom is -0.0533 e. The molecule has 4 unspecified atom stereocenters. The summed E-state index contributed by atoms with van der Waals surface area (Å²) in [5, 5.41) is 0. The minimum atomic E-state index is 0.977. The summed E-state index contributed by atoms with van der Waals surface area (Å²) in [5.41, 5.74) is 0. The van der Waals surface area contributed by atoms with E-state index in [0.29, 0.717) is 0 Å². The standard InChI is InChI=1S/C21H36/c1-2-6-12-18(11-5-1)20-15-9-10-16-21(17-20)19-13-7-3-4-8-14-19/h1,13,18-21H,2-12,14-17H2. The van der Waals surface area contributed by atoms with E-state index in [4.69, 9.17) is 0 Å². The molecule has 0 nitrogen and oxygen atoms in total. The van der Waals surface area contributed by atoms with Gasteiger partial charge in [-0.2, -0.15) is 0 Å². The van der Waals surface area contributed by atoms with Crippen LogP contribution in [0.1, 0.15) is 96.3 Å². The molecule has 21 heavy (non-hydrogen) atoms. The highest BCUT2D eigenvalue weighted by atomic mass is 14.4. The highest BCUT2D eigenvalue weighted by Gasteiger charge is 2.31. The van der Waals surface area contributed by atoms with Gasteiger partial charge in [-0.1, -0.05) is 64.2 Å². The van der Waals surface area contributed by atoms with E-state index in [2.05, 4.69) is 12.8 Å². The third-order valence-corrected chi connectivity index (χ3v) is 6.71. The van der Waals surface area contributed by atoms with Crippen LogP contribution in [0.5, 0.6) is 0 Å². The van der Waals surface area contributed by atoms with Crippen molar-refractivity contribution >= 4 is 0 Å². The first-order valence-electron chi connectivity index (χ1n) is 10.1. The zero-order valence-electron chi connectivity index (χ0n) is 14.1. The summed E-state index contributed by atoms with van der Waals surface area (Å²) in [6, 6.07) is 0. The second kappa shape index (κ2) is 8.59. The Morgan fingerprint density at radius 1 is 0.524 bits per heavy atom. The van der Waals surface area contributed by atoms with E-state index in [1.54, 1.807) is 12.8 Å². The lowest BCUT2D eigenvalue weighted by molar-refractivity contribution is 0.211. The molecule has 0 spiro atoms. The molecule has 120 valence electrons. The van der Waals surface area contributed by atoms with E-state index in [0.717, 1.165) is 23.7 Å². The molecule has 3 rings (SSSR count). The molecule has 3 aliphatic carbocycles. The maximum Gasteiger partial charge on any atom is -0.0352 e. The van der Waals surface area contributed by atoms with E-state index >= 15 is 0 Å². The van der Waals surface area contributed by atoms with Crippen molar-refractivity contribution in [2.45, 2.75) is 96.3 Å². The minimum absolute atomic E-state index is 0.977. The SMILES string of the molecule is [CH]1CCCC(C2CCCCC(C3[CH]CCCCC3)C2)CC1. The van der Waals surface area contributed by atoms with Crippen LogP contribution in [0, 0.1) is 36.5 Å². The monoisotopic (exact) mass is 288 g/mol. The Kier molecular flexibility index (Phi) is 6.49. The van der Waals surface area contributed by atoms with Gasteiger partial charge in [0, 0.05) is 0 Å². The largest absolute Gasteiger partial charge is 0.0533 e. The molecule has 0 amide bonds. The van der Waals surface area contributed by atoms with Crippen LogP contribution in [0.4, 0.5) is 0 Å². The Morgan fingerprint density at radius 3 is 2.29 bits per heavy atom.